The van der Waals surface area contributed by atoms with E-state index in [1.165, 1.54) is 0 Å². The summed E-state index contributed by atoms with van der Waals surface area (Å²) in [4.78, 5) is 11.3. The molecule has 1 aliphatic heterocycles. The maximum absolute atomic E-state index is 11.3. The Labute approximate surface area is 82.9 Å². The molecule has 1 saturated heterocycles. The van der Waals surface area contributed by atoms with Crippen molar-refractivity contribution in [2.75, 3.05) is 0 Å². The van der Waals surface area contributed by atoms with Crippen LogP contribution in [0.4, 0.5) is 0 Å². The van der Waals surface area contributed by atoms with Crippen molar-refractivity contribution in [3.63, 3.8) is 0 Å². The highest BCUT2D eigenvalue weighted by atomic mass is 16.6. The van der Waals surface area contributed by atoms with Gasteiger partial charge in [-0.25, -0.2) is 0 Å². The van der Waals surface area contributed by atoms with E-state index in [1.54, 1.807) is 6.92 Å². The van der Waals surface area contributed by atoms with Gasteiger partial charge >= 0.3 is 5.97 Å². The summed E-state index contributed by atoms with van der Waals surface area (Å²) in [6, 6.07) is 0. The maximum Gasteiger partial charge on any atom is 0.309 e. The van der Waals surface area contributed by atoms with Gasteiger partial charge in [-0.2, -0.15) is 0 Å². The van der Waals surface area contributed by atoms with Gasteiger partial charge in [-0.05, 0) is 13.3 Å². The average molecular weight is 200 g/mol. The van der Waals surface area contributed by atoms with Gasteiger partial charge in [0.05, 0.1) is 17.6 Å². The van der Waals surface area contributed by atoms with Crippen molar-refractivity contribution in [3.8, 4) is 0 Å². The molecule has 1 saturated carbocycles. The predicted molar refractivity (Wildman–Crippen MR) is 48.4 cm³/mol. The molecule has 0 bridgehead atoms. The topological polar surface area (TPSA) is 66.8 Å². The lowest BCUT2D eigenvalue weighted by atomic mass is 9.73. The van der Waals surface area contributed by atoms with Gasteiger partial charge < -0.3 is 14.9 Å². The number of hydrogen-bond donors (Lipinski definition) is 2. The molecular weight excluding hydrogens is 184 g/mol. The van der Waals surface area contributed by atoms with Gasteiger partial charge in [0.2, 0.25) is 0 Å². The molecule has 80 valence electrons. The molecule has 2 fully saturated rings. The fraction of sp³-hybridized carbons (Fsp3) is 0.900. The van der Waals surface area contributed by atoms with Gasteiger partial charge in [0, 0.05) is 12.3 Å². The Morgan fingerprint density at radius 1 is 1.57 bits per heavy atom. The summed E-state index contributed by atoms with van der Waals surface area (Å²) in [5.41, 5.74) is -1.12. The molecule has 0 aromatic rings. The standard InChI is InChI=1S/C10H16O4/c1-5-6-3-8(11)10(2,13)4-7(6)14-9(5)12/h5-8,11,13H,3-4H2,1-2H3/t5-,6+,7+,8-,10-/m0/s1. The summed E-state index contributed by atoms with van der Waals surface area (Å²) < 4.78 is 5.15. The molecule has 1 aliphatic carbocycles. The maximum atomic E-state index is 11.3. The number of ether oxygens (including phenoxy) is 1. The minimum absolute atomic E-state index is 0.0673. The molecule has 14 heavy (non-hydrogen) atoms. The summed E-state index contributed by atoms with van der Waals surface area (Å²) in [6.07, 6.45) is -0.170. The lowest BCUT2D eigenvalue weighted by molar-refractivity contribution is -0.152. The summed E-state index contributed by atoms with van der Waals surface area (Å²) >= 11 is 0. The van der Waals surface area contributed by atoms with E-state index in [0.717, 1.165) is 0 Å². The molecule has 0 unspecified atom stereocenters. The van der Waals surface area contributed by atoms with Gasteiger partial charge in [-0.1, -0.05) is 6.92 Å². The summed E-state index contributed by atoms with van der Waals surface area (Å²) in [5.74, 6) is -0.284. The second-order valence-electron chi connectivity index (χ2n) is 4.74. The molecule has 0 aromatic heterocycles. The molecule has 2 N–H and O–H groups in total. The third kappa shape index (κ3) is 1.33. The molecule has 5 atom stereocenters. The van der Waals surface area contributed by atoms with Crippen LogP contribution in [-0.4, -0.2) is 34.0 Å². The van der Waals surface area contributed by atoms with Crippen LogP contribution in [0.1, 0.15) is 26.7 Å². The molecule has 4 heteroatoms. The van der Waals surface area contributed by atoms with Gasteiger partial charge in [0.25, 0.3) is 0 Å². The van der Waals surface area contributed by atoms with Gasteiger partial charge in [-0.15, -0.1) is 0 Å². The number of carbonyl (C=O) groups is 1. The predicted octanol–water partition coefficient (Wildman–Crippen LogP) is 0.0698. The van der Waals surface area contributed by atoms with Crippen LogP contribution in [0.25, 0.3) is 0 Å². The number of aliphatic hydroxyl groups excluding tert-OH is 1. The van der Waals surface area contributed by atoms with Crippen molar-refractivity contribution in [2.45, 2.75) is 44.5 Å². The minimum atomic E-state index is -1.12. The van der Waals surface area contributed by atoms with E-state index in [0.29, 0.717) is 12.8 Å². The Balaban J connectivity index is 2.17. The first-order valence-electron chi connectivity index (χ1n) is 5.03. The Hall–Kier alpha value is -0.610. The van der Waals surface area contributed by atoms with E-state index in [-0.39, 0.29) is 23.9 Å². The molecule has 0 spiro atoms. The van der Waals surface area contributed by atoms with Crippen molar-refractivity contribution < 1.29 is 19.7 Å². The number of fused-ring (bicyclic) bond motifs is 1. The monoisotopic (exact) mass is 200 g/mol. The SMILES string of the molecule is C[C@@H]1C(=O)O[C@@H]2C[C@](C)(O)[C@@H](O)C[C@H]12. The normalized spacial score (nSPS) is 52.7. The Morgan fingerprint density at radius 3 is 2.86 bits per heavy atom. The van der Waals surface area contributed by atoms with Gasteiger partial charge in [-0.3, -0.25) is 4.79 Å². The van der Waals surface area contributed by atoms with Crippen molar-refractivity contribution >= 4 is 5.97 Å². The van der Waals surface area contributed by atoms with Gasteiger partial charge in [0.1, 0.15) is 6.10 Å². The van der Waals surface area contributed by atoms with Crippen molar-refractivity contribution in [1.82, 2.24) is 0 Å². The van der Waals surface area contributed by atoms with E-state index < -0.39 is 11.7 Å². The lowest BCUT2D eigenvalue weighted by Gasteiger charge is -2.39. The molecule has 0 aromatic carbocycles. The zero-order valence-corrected chi connectivity index (χ0v) is 8.43. The van der Waals surface area contributed by atoms with Crippen LogP contribution in [0, 0.1) is 11.8 Å². The van der Waals surface area contributed by atoms with Gasteiger partial charge in [0.15, 0.2) is 0 Å². The largest absolute Gasteiger partial charge is 0.462 e. The zero-order valence-electron chi connectivity index (χ0n) is 8.43. The van der Waals surface area contributed by atoms with Crippen LogP contribution in [0.15, 0.2) is 0 Å². The van der Waals surface area contributed by atoms with E-state index in [2.05, 4.69) is 0 Å². The highest BCUT2D eigenvalue weighted by molar-refractivity contribution is 5.74. The first-order chi connectivity index (χ1) is 6.42. The third-order valence-electron chi connectivity index (χ3n) is 3.59. The Bertz CT molecular complexity index is 261. The number of rotatable bonds is 0. The van der Waals surface area contributed by atoms with Crippen LogP contribution >= 0.6 is 0 Å². The zero-order chi connectivity index (χ0) is 10.5. The fourth-order valence-electron chi connectivity index (χ4n) is 2.44. The number of hydrogen-bond acceptors (Lipinski definition) is 4. The molecule has 0 amide bonds. The summed E-state index contributed by atoms with van der Waals surface area (Å²) in [6.45, 7) is 3.41. The molecule has 4 nitrogen and oxygen atoms in total. The second-order valence-corrected chi connectivity index (χ2v) is 4.74. The smallest absolute Gasteiger partial charge is 0.309 e. The number of esters is 1. The first-order valence-corrected chi connectivity index (χ1v) is 5.03. The third-order valence-corrected chi connectivity index (χ3v) is 3.59. The number of aliphatic hydroxyl groups is 2. The molecule has 2 rings (SSSR count). The minimum Gasteiger partial charge on any atom is -0.462 e. The lowest BCUT2D eigenvalue weighted by Crippen LogP contribution is -2.49. The van der Waals surface area contributed by atoms with Crippen molar-refractivity contribution in [3.05, 3.63) is 0 Å². The molecule has 0 radical (unpaired) electrons. The average Bonchev–Trinajstić information content (AvgIpc) is 2.31. The van der Waals surface area contributed by atoms with Crippen LogP contribution < -0.4 is 0 Å². The molecular formula is C10H16O4. The fourth-order valence-corrected chi connectivity index (χ4v) is 2.44. The van der Waals surface area contributed by atoms with Crippen molar-refractivity contribution in [1.29, 1.82) is 0 Å². The Kier molecular flexibility index (Phi) is 2.08. The van der Waals surface area contributed by atoms with Crippen LogP contribution in [-0.2, 0) is 9.53 Å². The van der Waals surface area contributed by atoms with E-state index >= 15 is 0 Å². The highest BCUT2D eigenvalue weighted by Crippen LogP contribution is 2.42. The van der Waals surface area contributed by atoms with E-state index in [1.807, 2.05) is 6.92 Å². The highest BCUT2D eigenvalue weighted by Gasteiger charge is 2.51. The van der Waals surface area contributed by atoms with E-state index in [4.69, 9.17) is 4.74 Å². The van der Waals surface area contributed by atoms with Crippen LogP contribution in [0.2, 0.25) is 0 Å². The van der Waals surface area contributed by atoms with Crippen molar-refractivity contribution in [2.24, 2.45) is 11.8 Å². The molecule has 2 aliphatic rings. The molecule has 1 heterocycles. The first kappa shape index (κ1) is 9.93. The summed E-state index contributed by atoms with van der Waals surface area (Å²) in [5, 5.41) is 19.5. The van der Waals surface area contributed by atoms with Crippen LogP contribution in [0.5, 0.6) is 0 Å². The second kappa shape index (κ2) is 2.94. The Morgan fingerprint density at radius 2 is 2.21 bits per heavy atom. The summed E-state index contributed by atoms with van der Waals surface area (Å²) in [7, 11) is 0. The quantitative estimate of drug-likeness (QED) is 0.543. The van der Waals surface area contributed by atoms with Crippen LogP contribution in [0.3, 0.4) is 0 Å². The van der Waals surface area contributed by atoms with E-state index in [9.17, 15) is 15.0 Å². The number of carbonyl (C=O) groups excluding carboxylic acids is 1.